The van der Waals surface area contributed by atoms with Crippen LogP contribution in [0.3, 0.4) is 0 Å². The maximum absolute atomic E-state index is 5.47. The molecule has 0 saturated heterocycles. The Morgan fingerprint density at radius 2 is 1.79 bits per heavy atom. The lowest BCUT2D eigenvalue weighted by atomic mass is 9.98. The average Bonchev–Trinajstić information content (AvgIpc) is 2.41. The van der Waals surface area contributed by atoms with Gasteiger partial charge in [-0.05, 0) is 37.1 Å². The molecular weight excluding hydrogens is 368 g/mol. The molecule has 0 aliphatic rings. The summed E-state index contributed by atoms with van der Waals surface area (Å²) in [6.07, 6.45) is 0. The number of alkyl halides is 1. The van der Waals surface area contributed by atoms with Crippen LogP contribution < -0.4 is 4.74 Å². The van der Waals surface area contributed by atoms with E-state index in [1.807, 2.05) is 6.07 Å². The van der Waals surface area contributed by atoms with Crippen LogP contribution in [0.5, 0.6) is 5.75 Å². The molecule has 1 atom stereocenters. The molecule has 0 spiro atoms. The molecule has 1 nitrogen and oxygen atoms in total. The fourth-order valence-electron chi connectivity index (χ4n) is 2.12. The molecular formula is C16H16Br2O. The zero-order chi connectivity index (χ0) is 14.0. The molecule has 0 aliphatic carbocycles. The van der Waals surface area contributed by atoms with Gasteiger partial charge < -0.3 is 4.74 Å². The SMILES string of the molecule is COc1ccc(C)cc1C(Br)c1cccc(Br)c1C. The summed E-state index contributed by atoms with van der Waals surface area (Å²) >= 11 is 7.39. The van der Waals surface area contributed by atoms with Crippen LogP contribution in [0.2, 0.25) is 0 Å². The van der Waals surface area contributed by atoms with Crippen molar-refractivity contribution in [3.05, 3.63) is 63.1 Å². The smallest absolute Gasteiger partial charge is 0.123 e. The number of rotatable bonds is 3. The zero-order valence-corrected chi connectivity index (χ0v) is 14.4. The summed E-state index contributed by atoms with van der Waals surface area (Å²) in [4.78, 5) is 0.125. The van der Waals surface area contributed by atoms with Crippen LogP contribution in [0.15, 0.2) is 40.9 Å². The molecule has 0 fully saturated rings. The van der Waals surface area contributed by atoms with Gasteiger partial charge in [0.1, 0.15) is 5.75 Å². The Morgan fingerprint density at radius 3 is 2.47 bits per heavy atom. The van der Waals surface area contributed by atoms with Gasteiger partial charge in [0.15, 0.2) is 0 Å². The summed E-state index contributed by atoms with van der Waals surface area (Å²) in [5.41, 5.74) is 4.88. The second kappa shape index (κ2) is 6.10. The molecule has 0 radical (unpaired) electrons. The molecule has 2 aromatic rings. The number of hydrogen-bond donors (Lipinski definition) is 0. The van der Waals surface area contributed by atoms with Crippen molar-refractivity contribution < 1.29 is 4.74 Å². The standard InChI is InChI=1S/C16H16Br2O/c1-10-7-8-15(19-3)13(9-10)16(18)12-5-4-6-14(17)11(12)2/h4-9,16H,1-3H3. The van der Waals surface area contributed by atoms with Crippen molar-refractivity contribution in [1.82, 2.24) is 0 Å². The first-order valence-corrected chi connectivity index (χ1v) is 7.79. The van der Waals surface area contributed by atoms with Gasteiger partial charge in [0.25, 0.3) is 0 Å². The normalized spacial score (nSPS) is 12.3. The first-order chi connectivity index (χ1) is 9.04. The highest BCUT2D eigenvalue weighted by Crippen LogP contribution is 2.39. The van der Waals surface area contributed by atoms with Gasteiger partial charge in [-0.2, -0.15) is 0 Å². The van der Waals surface area contributed by atoms with E-state index >= 15 is 0 Å². The van der Waals surface area contributed by atoms with Crippen LogP contribution in [0.4, 0.5) is 0 Å². The summed E-state index contributed by atoms with van der Waals surface area (Å²) in [7, 11) is 1.71. The van der Waals surface area contributed by atoms with E-state index in [4.69, 9.17) is 4.74 Å². The fourth-order valence-corrected chi connectivity index (χ4v) is 3.35. The van der Waals surface area contributed by atoms with Gasteiger partial charge >= 0.3 is 0 Å². The number of ether oxygens (including phenoxy) is 1. The van der Waals surface area contributed by atoms with E-state index in [1.165, 1.54) is 16.7 Å². The summed E-state index contributed by atoms with van der Waals surface area (Å²) < 4.78 is 6.60. The molecule has 0 saturated carbocycles. The second-order valence-corrected chi connectivity index (χ2v) is 6.33. The van der Waals surface area contributed by atoms with Crippen LogP contribution in [0, 0.1) is 13.8 Å². The van der Waals surface area contributed by atoms with Crippen molar-refractivity contribution >= 4 is 31.9 Å². The van der Waals surface area contributed by atoms with Crippen molar-refractivity contribution in [2.45, 2.75) is 18.7 Å². The zero-order valence-electron chi connectivity index (χ0n) is 11.2. The quantitative estimate of drug-likeness (QED) is 0.630. The molecule has 0 amide bonds. The van der Waals surface area contributed by atoms with Crippen molar-refractivity contribution in [2.75, 3.05) is 7.11 Å². The van der Waals surface area contributed by atoms with Crippen molar-refractivity contribution in [2.24, 2.45) is 0 Å². The average molecular weight is 384 g/mol. The summed E-state index contributed by atoms with van der Waals surface area (Å²) in [5, 5.41) is 0. The molecule has 0 aromatic heterocycles. The van der Waals surface area contributed by atoms with E-state index in [0.717, 1.165) is 15.8 Å². The number of halogens is 2. The molecule has 3 heteroatoms. The Bertz CT molecular complexity index is 593. The van der Waals surface area contributed by atoms with Gasteiger partial charge in [-0.15, -0.1) is 0 Å². The van der Waals surface area contributed by atoms with Crippen molar-refractivity contribution in [3.8, 4) is 5.75 Å². The predicted octanol–water partition coefficient (Wildman–Crippen LogP) is 5.56. The largest absolute Gasteiger partial charge is 0.496 e. The van der Waals surface area contributed by atoms with Crippen molar-refractivity contribution in [1.29, 1.82) is 0 Å². The topological polar surface area (TPSA) is 9.23 Å². The lowest BCUT2D eigenvalue weighted by Crippen LogP contribution is -2.00. The molecule has 0 heterocycles. The summed E-state index contributed by atoms with van der Waals surface area (Å²) in [5.74, 6) is 0.909. The number of benzene rings is 2. The third-order valence-electron chi connectivity index (χ3n) is 3.24. The Balaban J connectivity index is 2.52. The van der Waals surface area contributed by atoms with E-state index in [2.05, 4.69) is 76.0 Å². The van der Waals surface area contributed by atoms with E-state index in [0.29, 0.717) is 0 Å². The van der Waals surface area contributed by atoms with E-state index in [-0.39, 0.29) is 4.83 Å². The second-order valence-electron chi connectivity index (χ2n) is 4.56. The van der Waals surface area contributed by atoms with Crippen LogP contribution in [0.25, 0.3) is 0 Å². The monoisotopic (exact) mass is 382 g/mol. The first kappa shape index (κ1) is 14.6. The van der Waals surface area contributed by atoms with Crippen LogP contribution >= 0.6 is 31.9 Å². The third kappa shape index (κ3) is 3.03. The highest BCUT2D eigenvalue weighted by atomic mass is 79.9. The lowest BCUT2D eigenvalue weighted by molar-refractivity contribution is 0.410. The Kier molecular flexibility index (Phi) is 4.69. The summed E-state index contributed by atoms with van der Waals surface area (Å²) in [6, 6.07) is 12.5. The minimum Gasteiger partial charge on any atom is -0.496 e. The Morgan fingerprint density at radius 1 is 1.05 bits per heavy atom. The number of hydrogen-bond acceptors (Lipinski definition) is 1. The maximum atomic E-state index is 5.47. The molecule has 100 valence electrons. The summed E-state index contributed by atoms with van der Waals surface area (Å²) in [6.45, 7) is 4.21. The first-order valence-electron chi connectivity index (χ1n) is 6.08. The van der Waals surface area contributed by atoms with Crippen LogP contribution in [0.1, 0.15) is 27.1 Å². The lowest BCUT2D eigenvalue weighted by Gasteiger charge is -2.18. The number of methoxy groups -OCH3 is 1. The minimum atomic E-state index is 0.125. The molecule has 1 unspecified atom stereocenters. The van der Waals surface area contributed by atoms with Gasteiger partial charge in [-0.1, -0.05) is 61.7 Å². The van der Waals surface area contributed by atoms with E-state index in [9.17, 15) is 0 Å². The fraction of sp³-hybridized carbons (Fsp3) is 0.250. The molecule has 2 rings (SSSR count). The molecule has 19 heavy (non-hydrogen) atoms. The molecule has 2 aromatic carbocycles. The predicted molar refractivity (Wildman–Crippen MR) is 87.4 cm³/mol. The third-order valence-corrected chi connectivity index (χ3v) is 5.09. The van der Waals surface area contributed by atoms with Crippen LogP contribution in [-0.2, 0) is 0 Å². The molecule has 0 aliphatic heterocycles. The maximum Gasteiger partial charge on any atom is 0.123 e. The van der Waals surface area contributed by atoms with Gasteiger partial charge in [0.05, 0.1) is 11.9 Å². The van der Waals surface area contributed by atoms with Gasteiger partial charge in [0.2, 0.25) is 0 Å². The molecule has 0 bridgehead atoms. The van der Waals surface area contributed by atoms with Crippen LogP contribution in [-0.4, -0.2) is 7.11 Å². The van der Waals surface area contributed by atoms with E-state index < -0.39 is 0 Å². The van der Waals surface area contributed by atoms with E-state index in [1.54, 1.807) is 7.11 Å². The van der Waals surface area contributed by atoms with Crippen molar-refractivity contribution in [3.63, 3.8) is 0 Å². The highest BCUT2D eigenvalue weighted by Gasteiger charge is 2.18. The highest BCUT2D eigenvalue weighted by molar-refractivity contribution is 9.10. The van der Waals surface area contributed by atoms with Gasteiger partial charge in [-0.25, -0.2) is 0 Å². The Labute approximate surface area is 131 Å². The number of aryl methyl sites for hydroxylation is 1. The van der Waals surface area contributed by atoms with Gasteiger partial charge in [-0.3, -0.25) is 0 Å². The minimum absolute atomic E-state index is 0.125. The Hall–Kier alpha value is -0.800. The molecule has 0 N–H and O–H groups in total. The van der Waals surface area contributed by atoms with Gasteiger partial charge in [0, 0.05) is 10.0 Å².